The molecule has 5 nitrogen and oxygen atoms in total. The predicted octanol–water partition coefficient (Wildman–Crippen LogP) is 3.65. The highest BCUT2D eigenvalue weighted by atomic mass is 16.5. The van der Waals surface area contributed by atoms with E-state index in [0.717, 1.165) is 28.6 Å². The molecule has 1 amide bonds. The van der Waals surface area contributed by atoms with Crippen LogP contribution in [0.1, 0.15) is 30.5 Å². The number of carbonyl (C=O) groups excluding carboxylic acids is 1. The van der Waals surface area contributed by atoms with Crippen molar-refractivity contribution < 1.29 is 9.53 Å². The molecule has 5 heteroatoms. The average molecular weight is 364 g/mol. The van der Waals surface area contributed by atoms with Gasteiger partial charge in [0.2, 0.25) is 5.91 Å². The van der Waals surface area contributed by atoms with Gasteiger partial charge in [0, 0.05) is 24.5 Å². The molecule has 0 radical (unpaired) electrons. The zero-order valence-electron chi connectivity index (χ0n) is 15.9. The lowest BCUT2D eigenvalue weighted by Crippen LogP contribution is -2.30. The maximum atomic E-state index is 12.5. The molecule has 0 aliphatic carbocycles. The largest absolute Gasteiger partial charge is 0.497 e. The number of ether oxygens (including phenoxy) is 1. The third-order valence-electron chi connectivity index (χ3n) is 4.73. The summed E-state index contributed by atoms with van der Waals surface area (Å²) >= 11 is 0. The van der Waals surface area contributed by atoms with Gasteiger partial charge in [0.1, 0.15) is 5.75 Å². The zero-order chi connectivity index (χ0) is 19.4. The van der Waals surface area contributed by atoms with Crippen molar-refractivity contribution in [2.24, 2.45) is 0 Å². The number of nitrogens with one attached hydrogen (secondary N) is 1. The SMILES string of the molecule is CCc1ccc2[nH]c(=O)c(CN(Cc3ccc(OC)cc3)C(C)=O)cc2c1. The second-order valence-corrected chi connectivity index (χ2v) is 6.62. The van der Waals surface area contributed by atoms with E-state index in [4.69, 9.17) is 4.74 Å². The molecule has 0 saturated carbocycles. The van der Waals surface area contributed by atoms with Crippen LogP contribution in [0.25, 0.3) is 10.9 Å². The van der Waals surface area contributed by atoms with Gasteiger partial charge in [-0.15, -0.1) is 0 Å². The Balaban J connectivity index is 1.88. The van der Waals surface area contributed by atoms with Gasteiger partial charge in [0.05, 0.1) is 13.7 Å². The number of amides is 1. The minimum absolute atomic E-state index is 0.0763. The number of fused-ring (bicyclic) bond motifs is 1. The standard InChI is InChI=1S/C22H24N2O3/c1-4-16-7-10-21-18(11-16)12-19(22(26)23-21)14-24(15(2)25)13-17-5-8-20(27-3)9-6-17/h5-12H,4,13-14H2,1-3H3,(H,23,26). The van der Waals surface area contributed by atoms with E-state index in [1.165, 1.54) is 12.5 Å². The fourth-order valence-corrected chi connectivity index (χ4v) is 3.07. The van der Waals surface area contributed by atoms with Crippen LogP contribution in [0.4, 0.5) is 0 Å². The number of aryl methyl sites for hydroxylation is 1. The molecule has 1 N–H and O–H groups in total. The molecular formula is C22H24N2O3. The van der Waals surface area contributed by atoms with Crippen LogP contribution in [-0.4, -0.2) is 22.9 Å². The molecule has 0 unspecified atom stereocenters. The molecule has 0 fully saturated rings. The molecule has 0 atom stereocenters. The van der Waals surface area contributed by atoms with E-state index in [0.29, 0.717) is 12.1 Å². The van der Waals surface area contributed by atoms with Crippen molar-refractivity contribution in [2.45, 2.75) is 33.4 Å². The van der Waals surface area contributed by atoms with E-state index < -0.39 is 0 Å². The van der Waals surface area contributed by atoms with E-state index in [2.05, 4.69) is 18.0 Å². The average Bonchev–Trinajstić information content (AvgIpc) is 2.68. The van der Waals surface area contributed by atoms with Crippen LogP contribution < -0.4 is 10.3 Å². The van der Waals surface area contributed by atoms with Crippen molar-refractivity contribution in [1.82, 2.24) is 9.88 Å². The minimum Gasteiger partial charge on any atom is -0.497 e. The summed E-state index contributed by atoms with van der Waals surface area (Å²) in [5, 5.41) is 0.983. The third-order valence-corrected chi connectivity index (χ3v) is 4.73. The summed E-state index contributed by atoms with van der Waals surface area (Å²) in [6.07, 6.45) is 0.932. The van der Waals surface area contributed by atoms with Gasteiger partial charge in [-0.1, -0.05) is 25.1 Å². The summed E-state index contributed by atoms with van der Waals surface area (Å²) in [6.45, 7) is 4.32. The number of carbonyl (C=O) groups is 1. The summed E-state index contributed by atoms with van der Waals surface area (Å²) in [4.78, 5) is 29.2. The van der Waals surface area contributed by atoms with Crippen molar-refractivity contribution >= 4 is 16.8 Å². The number of aromatic amines is 1. The van der Waals surface area contributed by atoms with Crippen LogP contribution in [0.15, 0.2) is 53.3 Å². The topological polar surface area (TPSA) is 62.4 Å². The number of methoxy groups -OCH3 is 1. The number of nitrogens with zero attached hydrogens (tertiary/aromatic N) is 1. The van der Waals surface area contributed by atoms with Crippen LogP contribution in [0.5, 0.6) is 5.75 Å². The second-order valence-electron chi connectivity index (χ2n) is 6.62. The molecule has 27 heavy (non-hydrogen) atoms. The first kappa shape index (κ1) is 18.7. The molecular weight excluding hydrogens is 340 g/mol. The highest BCUT2D eigenvalue weighted by Crippen LogP contribution is 2.17. The number of rotatable bonds is 6. The Morgan fingerprint density at radius 1 is 1.04 bits per heavy atom. The van der Waals surface area contributed by atoms with E-state index in [1.807, 2.05) is 42.5 Å². The van der Waals surface area contributed by atoms with Crippen LogP contribution in [-0.2, 0) is 24.3 Å². The van der Waals surface area contributed by atoms with Gasteiger partial charge in [0.15, 0.2) is 0 Å². The first-order chi connectivity index (χ1) is 13.0. The van der Waals surface area contributed by atoms with Crippen LogP contribution in [0.2, 0.25) is 0 Å². The Labute approximate surface area is 158 Å². The van der Waals surface area contributed by atoms with E-state index >= 15 is 0 Å². The van der Waals surface area contributed by atoms with Gasteiger partial charge in [0.25, 0.3) is 5.56 Å². The zero-order valence-corrected chi connectivity index (χ0v) is 15.9. The number of H-pyrrole nitrogens is 1. The molecule has 0 bridgehead atoms. The molecule has 0 aliphatic heterocycles. The van der Waals surface area contributed by atoms with Crippen molar-refractivity contribution in [3.8, 4) is 5.75 Å². The monoisotopic (exact) mass is 364 g/mol. The summed E-state index contributed by atoms with van der Waals surface area (Å²) < 4.78 is 5.17. The molecule has 0 spiro atoms. The van der Waals surface area contributed by atoms with Crippen molar-refractivity contribution in [2.75, 3.05) is 7.11 Å². The fourth-order valence-electron chi connectivity index (χ4n) is 3.07. The van der Waals surface area contributed by atoms with E-state index in [-0.39, 0.29) is 18.0 Å². The predicted molar refractivity (Wildman–Crippen MR) is 107 cm³/mol. The van der Waals surface area contributed by atoms with Gasteiger partial charge in [-0.05, 0) is 53.3 Å². The Kier molecular flexibility index (Phi) is 5.60. The second kappa shape index (κ2) is 8.08. The summed E-state index contributed by atoms with van der Waals surface area (Å²) in [6, 6.07) is 15.5. The van der Waals surface area contributed by atoms with Crippen molar-refractivity contribution in [1.29, 1.82) is 0 Å². The van der Waals surface area contributed by atoms with Gasteiger partial charge in [-0.2, -0.15) is 0 Å². The van der Waals surface area contributed by atoms with E-state index in [9.17, 15) is 9.59 Å². The summed E-state index contributed by atoms with van der Waals surface area (Å²) in [5.41, 5.74) is 3.43. The lowest BCUT2D eigenvalue weighted by atomic mass is 10.1. The van der Waals surface area contributed by atoms with Gasteiger partial charge >= 0.3 is 0 Å². The third kappa shape index (κ3) is 4.37. The molecule has 3 aromatic rings. The van der Waals surface area contributed by atoms with Gasteiger partial charge in [-0.25, -0.2) is 0 Å². The van der Waals surface area contributed by atoms with Crippen molar-refractivity contribution in [3.63, 3.8) is 0 Å². The molecule has 0 aliphatic rings. The molecule has 1 aromatic heterocycles. The molecule has 1 heterocycles. The highest BCUT2D eigenvalue weighted by Gasteiger charge is 2.13. The number of hydrogen-bond acceptors (Lipinski definition) is 3. The summed E-state index contributed by atoms with van der Waals surface area (Å²) in [7, 11) is 1.62. The number of hydrogen-bond donors (Lipinski definition) is 1. The maximum absolute atomic E-state index is 12.5. The van der Waals surface area contributed by atoms with E-state index in [1.54, 1.807) is 12.0 Å². The number of aromatic nitrogens is 1. The Bertz CT molecular complexity index is 1010. The number of pyridine rings is 1. The first-order valence-electron chi connectivity index (χ1n) is 9.03. The number of benzene rings is 2. The molecule has 3 rings (SSSR count). The lowest BCUT2D eigenvalue weighted by Gasteiger charge is -2.21. The quantitative estimate of drug-likeness (QED) is 0.726. The van der Waals surface area contributed by atoms with Crippen LogP contribution in [0.3, 0.4) is 0 Å². The normalized spacial score (nSPS) is 10.8. The fraction of sp³-hybridized carbons (Fsp3) is 0.273. The summed E-state index contributed by atoms with van der Waals surface area (Å²) in [5.74, 6) is 0.693. The Morgan fingerprint density at radius 2 is 1.74 bits per heavy atom. The lowest BCUT2D eigenvalue weighted by molar-refractivity contribution is -0.130. The Hall–Kier alpha value is -3.08. The maximum Gasteiger partial charge on any atom is 0.253 e. The minimum atomic E-state index is -0.160. The van der Waals surface area contributed by atoms with Gasteiger partial charge < -0.3 is 14.6 Å². The van der Waals surface area contributed by atoms with Crippen LogP contribution in [0, 0.1) is 0 Å². The molecule has 0 saturated heterocycles. The highest BCUT2D eigenvalue weighted by molar-refractivity contribution is 5.80. The first-order valence-corrected chi connectivity index (χ1v) is 9.03. The van der Waals surface area contributed by atoms with Gasteiger partial charge in [-0.3, -0.25) is 9.59 Å². The van der Waals surface area contributed by atoms with Crippen molar-refractivity contribution in [3.05, 3.63) is 75.6 Å². The Morgan fingerprint density at radius 3 is 2.37 bits per heavy atom. The smallest absolute Gasteiger partial charge is 0.253 e. The molecule has 2 aromatic carbocycles. The van der Waals surface area contributed by atoms with Crippen LogP contribution >= 0.6 is 0 Å². The molecule has 140 valence electrons.